The Hall–Kier alpha value is -2.94. The van der Waals surface area contributed by atoms with E-state index in [4.69, 9.17) is 4.74 Å². The first-order valence-corrected chi connectivity index (χ1v) is 12.7. The number of thiazole rings is 1. The van der Waals surface area contributed by atoms with Gasteiger partial charge in [-0.05, 0) is 47.9 Å². The molecule has 2 amide bonds. The Labute approximate surface area is 199 Å². The molecule has 5 rings (SSSR count). The Morgan fingerprint density at radius 3 is 2.88 bits per heavy atom. The van der Waals surface area contributed by atoms with Crippen LogP contribution in [-0.2, 0) is 9.53 Å². The molecule has 1 atom stereocenters. The lowest BCUT2D eigenvalue weighted by molar-refractivity contribution is -0.119. The summed E-state index contributed by atoms with van der Waals surface area (Å²) in [6.07, 6.45) is 2.21. The van der Waals surface area contributed by atoms with Crippen LogP contribution in [0.4, 0.5) is 5.69 Å². The van der Waals surface area contributed by atoms with Crippen LogP contribution in [0.1, 0.15) is 23.2 Å². The van der Waals surface area contributed by atoms with Gasteiger partial charge in [0.2, 0.25) is 5.91 Å². The molecule has 1 aromatic heterocycles. The van der Waals surface area contributed by atoms with Gasteiger partial charge in [0, 0.05) is 24.4 Å². The molecule has 1 fully saturated rings. The number of aromatic nitrogens is 1. The van der Waals surface area contributed by atoms with Gasteiger partial charge >= 0.3 is 0 Å². The molecular formula is C25H23N3O3S2. The Morgan fingerprint density at radius 2 is 2.00 bits per heavy atom. The summed E-state index contributed by atoms with van der Waals surface area (Å²) in [6.45, 7) is 1.35. The Kier molecular flexibility index (Phi) is 6.57. The highest BCUT2D eigenvalue weighted by Crippen LogP contribution is 2.31. The van der Waals surface area contributed by atoms with Gasteiger partial charge in [-0.1, -0.05) is 48.2 Å². The van der Waals surface area contributed by atoms with Gasteiger partial charge in [-0.15, -0.1) is 11.3 Å². The maximum Gasteiger partial charge on any atom is 0.256 e. The fourth-order valence-electron chi connectivity index (χ4n) is 3.88. The normalized spacial score (nSPS) is 15.7. The van der Waals surface area contributed by atoms with Crippen molar-refractivity contribution < 1.29 is 14.3 Å². The van der Waals surface area contributed by atoms with Crippen molar-refractivity contribution in [2.45, 2.75) is 23.3 Å². The van der Waals surface area contributed by atoms with E-state index in [0.29, 0.717) is 17.9 Å². The molecule has 33 heavy (non-hydrogen) atoms. The lowest BCUT2D eigenvalue weighted by Crippen LogP contribution is -2.32. The van der Waals surface area contributed by atoms with E-state index in [1.807, 2.05) is 60.7 Å². The third kappa shape index (κ3) is 5.19. The van der Waals surface area contributed by atoms with E-state index in [2.05, 4.69) is 15.6 Å². The first-order valence-electron chi connectivity index (χ1n) is 10.9. The number of anilines is 1. The summed E-state index contributed by atoms with van der Waals surface area (Å²) in [5, 5.41) is 7.89. The summed E-state index contributed by atoms with van der Waals surface area (Å²) >= 11 is 2.94. The molecule has 3 aromatic carbocycles. The maximum absolute atomic E-state index is 12.9. The van der Waals surface area contributed by atoms with Crippen molar-refractivity contribution in [1.29, 1.82) is 0 Å². The molecule has 1 aliphatic rings. The minimum absolute atomic E-state index is 0.0159. The van der Waals surface area contributed by atoms with Crippen LogP contribution in [0.5, 0.6) is 0 Å². The quantitative estimate of drug-likeness (QED) is 0.363. The lowest BCUT2D eigenvalue weighted by atomic mass is 10.0. The standard InChI is InChI=1S/C25H23N3O3S2/c29-23(26-14-18-7-4-12-31-18)15-32-25-28-21-11-10-17(13-22(21)33-25)27-24(30)20-9-3-6-16-5-1-2-8-19(16)20/h1-3,5-6,8-11,13,18H,4,7,12,14-15H2,(H,26,29)(H,27,30). The summed E-state index contributed by atoms with van der Waals surface area (Å²) in [4.78, 5) is 29.7. The van der Waals surface area contributed by atoms with Gasteiger partial charge in [-0.25, -0.2) is 4.98 Å². The smallest absolute Gasteiger partial charge is 0.256 e. The highest BCUT2D eigenvalue weighted by Gasteiger charge is 2.17. The molecule has 0 spiro atoms. The molecule has 4 aromatic rings. The van der Waals surface area contributed by atoms with Crippen molar-refractivity contribution in [3.63, 3.8) is 0 Å². The first-order chi connectivity index (χ1) is 16.2. The minimum atomic E-state index is -0.145. The van der Waals surface area contributed by atoms with Crippen LogP contribution in [0.2, 0.25) is 0 Å². The maximum atomic E-state index is 12.9. The van der Waals surface area contributed by atoms with Crippen LogP contribution in [0.3, 0.4) is 0 Å². The SMILES string of the molecule is O=C(CSc1nc2ccc(NC(=O)c3cccc4ccccc34)cc2s1)NCC1CCCO1. The van der Waals surface area contributed by atoms with Gasteiger partial charge in [0.25, 0.3) is 5.91 Å². The number of nitrogens with zero attached hydrogens (tertiary/aromatic N) is 1. The van der Waals surface area contributed by atoms with Crippen molar-refractivity contribution in [2.24, 2.45) is 0 Å². The summed E-state index contributed by atoms with van der Waals surface area (Å²) in [5.41, 5.74) is 2.21. The van der Waals surface area contributed by atoms with Gasteiger partial charge in [0.1, 0.15) is 0 Å². The highest BCUT2D eigenvalue weighted by atomic mass is 32.2. The number of hydrogen-bond donors (Lipinski definition) is 2. The van der Waals surface area contributed by atoms with Crippen LogP contribution >= 0.6 is 23.1 Å². The summed E-state index contributed by atoms with van der Waals surface area (Å²) in [6, 6.07) is 19.3. The van der Waals surface area contributed by atoms with E-state index in [1.165, 1.54) is 23.1 Å². The molecule has 0 bridgehead atoms. The fourth-order valence-corrected chi connectivity index (χ4v) is 5.81. The van der Waals surface area contributed by atoms with Crippen LogP contribution in [0.15, 0.2) is 65.0 Å². The summed E-state index contributed by atoms with van der Waals surface area (Å²) in [7, 11) is 0. The molecular weight excluding hydrogens is 454 g/mol. The Balaban J connectivity index is 1.22. The molecule has 168 valence electrons. The topological polar surface area (TPSA) is 80.3 Å². The molecule has 0 radical (unpaired) electrons. The molecule has 2 heterocycles. The van der Waals surface area contributed by atoms with E-state index < -0.39 is 0 Å². The summed E-state index contributed by atoms with van der Waals surface area (Å²) < 4.78 is 7.33. The molecule has 6 nitrogen and oxygen atoms in total. The minimum Gasteiger partial charge on any atom is -0.376 e. The first kappa shape index (κ1) is 21.9. The zero-order chi connectivity index (χ0) is 22.6. The van der Waals surface area contributed by atoms with Crippen LogP contribution in [0, 0.1) is 0 Å². The third-order valence-corrected chi connectivity index (χ3v) is 7.70. The average molecular weight is 478 g/mol. The molecule has 1 saturated heterocycles. The largest absolute Gasteiger partial charge is 0.376 e. The number of carbonyl (C=O) groups is 2. The Morgan fingerprint density at radius 1 is 1.12 bits per heavy atom. The summed E-state index contributed by atoms with van der Waals surface area (Å²) in [5.74, 6) is 0.156. The number of hydrogen-bond acceptors (Lipinski definition) is 6. The van der Waals surface area contributed by atoms with Crippen molar-refractivity contribution in [3.8, 4) is 0 Å². The Bertz CT molecular complexity index is 1310. The highest BCUT2D eigenvalue weighted by molar-refractivity contribution is 8.01. The number of amides is 2. The van der Waals surface area contributed by atoms with Crippen molar-refractivity contribution in [1.82, 2.24) is 10.3 Å². The van der Waals surface area contributed by atoms with E-state index in [9.17, 15) is 9.59 Å². The average Bonchev–Trinajstić information content (AvgIpc) is 3.50. The van der Waals surface area contributed by atoms with Crippen LogP contribution < -0.4 is 10.6 Å². The van der Waals surface area contributed by atoms with Crippen molar-refractivity contribution >= 4 is 61.6 Å². The zero-order valence-corrected chi connectivity index (χ0v) is 19.5. The fraction of sp³-hybridized carbons (Fsp3) is 0.240. The number of thioether (sulfide) groups is 1. The molecule has 0 saturated carbocycles. The van der Waals surface area contributed by atoms with Gasteiger partial charge < -0.3 is 15.4 Å². The second kappa shape index (κ2) is 9.91. The van der Waals surface area contributed by atoms with Crippen LogP contribution in [0.25, 0.3) is 21.0 Å². The predicted molar refractivity (Wildman–Crippen MR) is 134 cm³/mol. The third-order valence-electron chi connectivity index (χ3n) is 5.54. The number of carbonyl (C=O) groups excluding carboxylic acids is 2. The molecule has 8 heteroatoms. The van der Waals surface area contributed by atoms with Gasteiger partial charge in [0.05, 0.1) is 22.1 Å². The van der Waals surface area contributed by atoms with Gasteiger partial charge in [-0.3, -0.25) is 9.59 Å². The number of nitrogens with one attached hydrogen (secondary N) is 2. The van der Waals surface area contributed by atoms with E-state index in [1.54, 1.807) is 0 Å². The van der Waals surface area contributed by atoms with Crippen molar-refractivity contribution in [2.75, 3.05) is 24.2 Å². The number of rotatable bonds is 7. The van der Waals surface area contributed by atoms with Gasteiger partial charge in [-0.2, -0.15) is 0 Å². The van der Waals surface area contributed by atoms with Crippen molar-refractivity contribution in [3.05, 3.63) is 66.2 Å². The van der Waals surface area contributed by atoms with E-state index >= 15 is 0 Å². The van der Waals surface area contributed by atoms with Gasteiger partial charge in [0.15, 0.2) is 4.34 Å². The number of benzene rings is 3. The van der Waals surface area contributed by atoms with Crippen LogP contribution in [-0.4, -0.2) is 41.8 Å². The lowest BCUT2D eigenvalue weighted by Gasteiger charge is -2.09. The molecule has 1 aliphatic heterocycles. The predicted octanol–water partition coefficient (Wildman–Crippen LogP) is 5.09. The molecule has 0 aliphatic carbocycles. The van der Waals surface area contributed by atoms with E-state index in [0.717, 1.165) is 50.5 Å². The monoisotopic (exact) mass is 477 g/mol. The zero-order valence-electron chi connectivity index (χ0n) is 17.9. The van der Waals surface area contributed by atoms with E-state index in [-0.39, 0.29) is 17.9 Å². The molecule has 2 N–H and O–H groups in total. The second-order valence-corrected chi connectivity index (χ2v) is 10.1. The molecule has 1 unspecified atom stereocenters. The second-order valence-electron chi connectivity index (χ2n) is 7.87. The number of fused-ring (bicyclic) bond motifs is 2. The number of ether oxygens (including phenoxy) is 1.